The number of aromatic nitrogens is 3. The third-order valence-electron chi connectivity index (χ3n) is 5.36. The Balaban J connectivity index is 1.38. The number of rotatable bonds is 9. The molecule has 4 rings (SSSR count). The Morgan fingerprint density at radius 3 is 2.40 bits per heavy atom. The second-order valence-corrected chi connectivity index (χ2v) is 9.29. The van der Waals surface area contributed by atoms with E-state index in [4.69, 9.17) is 0 Å². The molecule has 1 aliphatic carbocycles. The Morgan fingerprint density at radius 2 is 1.73 bits per heavy atom. The molecule has 156 valence electrons. The lowest BCUT2D eigenvalue weighted by atomic mass is 10.1. The van der Waals surface area contributed by atoms with Gasteiger partial charge in [0, 0.05) is 17.6 Å². The highest BCUT2D eigenvalue weighted by Crippen LogP contribution is 2.41. The average molecular weight is 421 g/mol. The first-order chi connectivity index (χ1) is 14.6. The zero-order valence-corrected chi connectivity index (χ0v) is 18.3. The predicted octanol–water partition coefficient (Wildman–Crippen LogP) is 4.76. The Kier molecular flexibility index (Phi) is 6.53. The number of hydrogen-bond acceptors (Lipinski definition) is 4. The topological polar surface area (TPSA) is 59.8 Å². The van der Waals surface area contributed by atoms with Crippen LogP contribution in [-0.2, 0) is 11.2 Å². The quantitative estimate of drug-likeness (QED) is 0.507. The van der Waals surface area contributed by atoms with E-state index in [0.717, 1.165) is 42.4 Å². The number of aryl methyl sites for hydroxylation is 1. The molecular formula is C24H28N4OS. The molecule has 1 amide bonds. The van der Waals surface area contributed by atoms with Crippen LogP contribution in [0.15, 0.2) is 65.8 Å². The van der Waals surface area contributed by atoms with Crippen LogP contribution in [0.4, 0.5) is 0 Å². The minimum atomic E-state index is -0.247. The molecule has 0 radical (unpaired) electrons. The van der Waals surface area contributed by atoms with Gasteiger partial charge in [0.05, 0.1) is 5.25 Å². The zero-order chi connectivity index (χ0) is 20.9. The van der Waals surface area contributed by atoms with E-state index in [1.807, 2.05) is 31.2 Å². The van der Waals surface area contributed by atoms with Crippen LogP contribution in [0.25, 0.3) is 5.69 Å². The first-order valence-corrected chi connectivity index (χ1v) is 11.5. The Morgan fingerprint density at radius 1 is 1.07 bits per heavy atom. The Labute approximate surface area is 182 Å². The molecule has 5 nitrogen and oxygen atoms in total. The number of thioether (sulfide) groups is 1. The predicted molar refractivity (Wildman–Crippen MR) is 121 cm³/mol. The molecule has 2 atom stereocenters. The van der Waals surface area contributed by atoms with E-state index in [1.54, 1.807) is 0 Å². The first kappa shape index (κ1) is 20.7. The van der Waals surface area contributed by atoms with Crippen LogP contribution < -0.4 is 5.32 Å². The minimum absolute atomic E-state index is 0.0381. The molecule has 3 aromatic rings. The van der Waals surface area contributed by atoms with Crippen molar-refractivity contribution in [3.05, 3.63) is 72.1 Å². The van der Waals surface area contributed by atoms with Gasteiger partial charge in [-0.05, 0) is 57.2 Å². The highest BCUT2D eigenvalue weighted by Gasteiger charge is 2.32. The number of nitrogens with one attached hydrogen (secondary N) is 1. The lowest BCUT2D eigenvalue weighted by Gasteiger charge is -2.18. The second-order valence-electron chi connectivity index (χ2n) is 7.98. The second kappa shape index (κ2) is 9.47. The van der Waals surface area contributed by atoms with Gasteiger partial charge in [0.15, 0.2) is 5.16 Å². The SMILES string of the molecule is CC(CCc1ccccc1)NC(=O)C(C)Sc1nnc(C2CC2)n1-c1ccccc1. The molecule has 2 aromatic carbocycles. The van der Waals surface area contributed by atoms with Gasteiger partial charge in [0.25, 0.3) is 0 Å². The van der Waals surface area contributed by atoms with Gasteiger partial charge in [-0.15, -0.1) is 10.2 Å². The molecule has 30 heavy (non-hydrogen) atoms. The summed E-state index contributed by atoms with van der Waals surface area (Å²) >= 11 is 1.47. The van der Waals surface area contributed by atoms with Crippen molar-refractivity contribution >= 4 is 17.7 Å². The van der Waals surface area contributed by atoms with E-state index in [0.29, 0.717) is 5.92 Å². The van der Waals surface area contributed by atoms with E-state index >= 15 is 0 Å². The van der Waals surface area contributed by atoms with Crippen molar-refractivity contribution < 1.29 is 4.79 Å². The summed E-state index contributed by atoms with van der Waals surface area (Å²) in [5, 5.41) is 12.6. The van der Waals surface area contributed by atoms with Crippen LogP contribution in [0.3, 0.4) is 0 Å². The molecule has 1 heterocycles. The number of para-hydroxylation sites is 1. The van der Waals surface area contributed by atoms with Gasteiger partial charge in [-0.25, -0.2) is 0 Å². The molecule has 1 saturated carbocycles. The van der Waals surface area contributed by atoms with E-state index in [-0.39, 0.29) is 17.2 Å². The fourth-order valence-electron chi connectivity index (χ4n) is 3.46. The van der Waals surface area contributed by atoms with Crippen molar-refractivity contribution in [2.45, 2.75) is 61.9 Å². The maximum absolute atomic E-state index is 12.8. The molecule has 6 heteroatoms. The molecule has 1 N–H and O–H groups in total. The minimum Gasteiger partial charge on any atom is -0.353 e. The van der Waals surface area contributed by atoms with E-state index in [9.17, 15) is 4.79 Å². The van der Waals surface area contributed by atoms with Crippen molar-refractivity contribution in [3.63, 3.8) is 0 Å². The lowest BCUT2D eigenvalue weighted by Crippen LogP contribution is -2.38. The largest absolute Gasteiger partial charge is 0.353 e. The summed E-state index contributed by atoms with van der Waals surface area (Å²) in [4.78, 5) is 12.8. The van der Waals surface area contributed by atoms with Gasteiger partial charge in [0.2, 0.25) is 5.91 Å². The number of carbonyl (C=O) groups is 1. The van der Waals surface area contributed by atoms with Crippen LogP contribution in [0, 0.1) is 0 Å². The van der Waals surface area contributed by atoms with Crippen molar-refractivity contribution in [2.75, 3.05) is 0 Å². The standard InChI is InChI=1S/C24H28N4OS/c1-17(13-14-19-9-5-3-6-10-19)25-23(29)18(2)30-24-27-26-22(20-15-16-20)28(24)21-11-7-4-8-12-21/h3-12,17-18,20H,13-16H2,1-2H3,(H,25,29). The third-order valence-corrected chi connectivity index (χ3v) is 6.41. The Bertz CT molecular complexity index is 969. The lowest BCUT2D eigenvalue weighted by molar-refractivity contribution is -0.120. The van der Waals surface area contributed by atoms with Crippen LogP contribution in [0.5, 0.6) is 0 Å². The number of benzene rings is 2. The zero-order valence-electron chi connectivity index (χ0n) is 17.5. The maximum atomic E-state index is 12.8. The monoisotopic (exact) mass is 420 g/mol. The van der Waals surface area contributed by atoms with Gasteiger partial charge < -0.3 is 5.32 Å². The Hall–Kier alpha value is -2.60. The van der Waals surface area contributed by atoms with Gasteiger partial charge in [0.1, 0.15) is 5.82 Å². The van der Waals surface area contributed by atoms with Crippen LogP contribution in [-0.4, -0.2) is 32.0 Å². The average Bonchev–Trinajstić information content (AvgIpc) is 3.54. The first-order valence-electron chi connectivity index (χ1n) is 10.6. The summed E-state index contributed by atoms with van der Waals surface area (Å²) in [6.45, 7) is 4.00. The molecule has 1 aromatic heterocycles. The molecular weight excluding hydrogens is 392 g/mol. The van der Waals surface area contributed by atoms with Crippen LogP contribution in [0.1, 0.15) is 50.4 Å². The van der Waals surface area contributed by atoms with Crippen molar-refractivity contribution in [2.24, 2.45) is 0 Å². The summed E-state index contributed by atoms with van der Waals surface area (Å²) in [5.74, 6) is 1.53. The molecule has 1 aliphatic rings. The van der Waals surface area contributed by atoms with E-state index in [2.05, 4.69) is 63.4 Å². The van der Waals surface area contributed by atoms with Crippen molar-refractivity contribution in [1.29, 1.82) is 0 Å². The van der Waals surface area contributed by atoms with E-state index < -0.39 is 0 Å². The van der Waals surface area contributed by atoms with Gasteiger partial charge >= 0.3 is 0 Å². The van der Waals surface area contributed by atoms with Crippen LogP contribution in [0.2, 0.25) is 0 Å². The molecule has 0 bridgehead atoms. The number of nitrogens with zero attached hydrogens (tertiary/aromatic N) is 3. The number of carbonyl (C=O) groups excluding carboxylic acids is 1. The van der Waals surface area contributed by atoms with Gasteiger partial charge in [-0.2, -0.15) is 0 Å². The highest BCUT2D eigenvalue weighted by atomic mass is 32.2. The fraction of sp³-hybridized carbons (Fsp3) is 0.375. The summed E-state index contributed by atoms with van der Waals surface area (Å²) in [6, 6.07) is 20.7. The van der Waals surface area contributed by atoms with Crippen molar-refractivity contribution in [3.8, 4) is 5.69 Å². The number of amides is 1. The van der Waals surface area contributed by atoms with Crippen molar-refractivity contribution in [1.82, 2.24) is 20.1 Å². The van der Waals surface area contributed by atoms with Gasteiger partial charge in [-0.3, -0.25) is 9.36 Å². The molecule has 2 unspecified atom stereocenters. The fourth-order valence-corrected chi connectivity index (χ4v) is 4.34. The maximum Gasteiger partial charge on any atom is 0.233 e. The van der Waals surface area contributed by atoms with E-state index in [1.165, 1.54) is 17.3 Å². The summed E-state index contributed by atoms with van der Waals surface area (Å²) in [6.07, 6.45) is 4.19. The molecule has 0 saturated heterocycles. The highest BCUT2D eigenvalue weighted by molar-refractivity contribution is 8.00. The van der Waals surface area contributed by atoms with Gasteiger partial charge in [-0.1, -0.05) is 60.3 Å². The third kappa shape index (κ3) is 5.11. The summed E-state index contributed by atoms with van der Waals surface area (Å²) in [7, 11) is 0. The molecule has 1 fully saturated rings. The molecule has 0 spiro atoms. The summed E-state index contributed by atoms with van der Waals surface area (Å²) in [5.41, 5.74) is 2.35. The van der Waals surface area contributed by atoms with Crippen LogP contribution >= 0.6 is 11.8 Å². The molecule has 0 aliphatic heterocycles. The normalized spacial score (nSPS) is 15.5. The number of hydrogen-bond donors (Lipinski definition) is 1. The smallest absolute Gasteiger partial charge is 0.233 e. The summed E-state index contributed by atoms with van der Waals surface area (Å²) < 4.78 is 2.12.